The lowest BCUT2D eigenvalue weighted by atomic mass is 9.99. The molecule has 1 aliphatic heterocycles. The molecule has 1 atom stereocenters. The Morgan fingerprint density at radius 3 is 2.64 bits per heavy atom. The maximum Gasteiger partial charge on any atom is 0.243 e. The number of nitriles is 1. The minimum absolute atomic E-state index is 0.113. The molecule has 0 aliphatic carbocycles. The molecule has 6 nitrogen and oxygen atoms in total. The fourth-order valence-corrected chi connectivity index (χ4v) is 5.86. The Labute approximate surface area is 173 Å². The lowest BCUT2D eigenvalue weighted by molar-refractivity contribution is -0.120. The zero-order valence-electron chi connectivity index (χ0n) is 15.5. The van der Waals surface area contributed by atoms with Gasteiger partial charge < -0.3 is 5.32 Å². The summed E-state index contributed by atoms with van der Waals surface area (Å²) in [6, 6.07) is 8.14. The number of nitrogens with one attached hydrogen (secondary N) is 1. The molecule has 2 aromatic rings. The first-order valence-electron chi connectivity index (χ1n) is 8.80. The van der Waals surface area contributed by atoms with E-state index in [1.807, 2.05) is 13.8 Å². The van der Waals surface area contributed by atoms with E-state index >= 15 is 0 Å². The molecule has 1 aromatic carbocycles. The van der Waals surface area contributed by atoms with Gasteiger partial charge in [-0.15, -0.1) is 11.3 Å². The van der Waals surface area contributed by atoms with Crippen molar-refractivity contribution in [1.82, 2.24) is 4.31 Å². The highest BCUT2D eigenvalue weighted by Crippen LogP contribution is 2.33. The van der Waals surface area contributed by atoms with Crippen LogP contribution in [0.1, 0.15) is 28.8 Å². The minimum atomic E-state index is -3.69. The Kier molecular flexibility index (Phi) is 6.10. The second-order valence-corrected chi connectivity index (χ2v) is 10.3. The Morgan fingerprint density at radius 2 is 2.00 bits per heavy atom. The third-order valence-electron chi connectivity index (χ3n) is 4.94. The smallest absolute Gasteiger partial charge is 0.243 e. The second kappa shape index (κ2) is 8.21. The van der Waals surface area contributed by atoms with Gasteiger partial charge in [0.15, 0.2) is 0 Å². The van der Waals surface area contributed by atoms with Crippen molar-refractivity contribution >= 4 is 43.9 Å². The minimum Gasteiger partial charge on any atom is -0.316 e. The number of thiophene rings is 1. The van der Waals surface area contributed by atoms with E-state index in [1.54, 1.807) is 0 Å². The molecule has 2 heterocycles. The topological polar surface area (TPSA) is 90.3 Å². The van der Waals surface area contributed by atoms with Crippen LogP contribution in [0.3, 0.4) is 0 Å². The van der Waals surface area contributed by atoms with Crippen LogP contribution in [0.5, 0.6) is 0 Å². The molecule has 1 N–H and O–H groups in total. The Bertz CT molecular complexity index is 1040. The molecule has 0 spiro atoms. The summed E-state index contributed by atoms with van der Waals surface area (Å²) in [4.78, 5) is 13.9. The van der Waals surface area contributed by atoms with Crippen molar-refractivity contribution in [3.05, 3.63) is 45.3 Å². The second-order valence-electron chi connectivity index (χ2n) is 6.74. The number of aryl methyl sites for hydroxylation is 1. The molecule has 1 amide bonds. The number of piperidine rings is 1. The number of amides is 1. The van der Waals surface area contributed by atoms with Crippen LogP contribution >= 0.6 is 22.9 Å². The Morgan fingerprint density at radius 1 is 1.32 bits per heavy atom. The molecule has 9 heteroatoms. The molecule has 1 fully saturated rings. The number of carbonyl (C=O) groups excluding carboxylic acids is 1. The van der Waals surface area contributed by atoms with Crippen LogP contribution in [0.25, 0.3) is 0 Å². The molecule has 3 rings (SSSR count). The van der Waals surface area contributed by atoms with Gasteiger partial charge >= 0.3 is 0 Å². The molecule has 1 aromatic heterocycles. The molecule has 1 saturated heterocycles. The summed E-state index contributed by atoms with van der Waals surface area (Å²) < 4.78 is 27.1. The number of hydrogen-bond acceptors (Lipinski definition) is 5. The number of nitrogens with zero attached hydrogens (tertiary/aromatic N) is 2. The van der Waals surface area contributed by atoms with Crippen LogP contribution in [0.15, 0.2) is 29.2 Å². The van der Waals surface area contributed by atoms with Crippen LogP contribution in [0.2, 0.25) is 5.02 Å². The number of hydrogen-bond donors (Lipinski definition) is 1. The van der Waals surface area contributed by atoms with E-state index in [4.69, 9.17) is 11.6 Å². The number of rotatable bonds is 4. The van der Waals surface area contributed by atoms with E-state index in [0.717, 1.165) is 10.4 Å². The first-order valence-corrected chi connectivity index (χ1v) is 11.4. The third kappa shape index (κ3) is 4.08. The summed E-state index contributed by atoms with van der Waals surface area (Å²) in [6.45, 7) is 4.23. The molecular formula is C19H20ClN3O3S2. The van der Waals surface area contributed by atoms with Crippen LogP contribution in [-0.2, 0) is 14.8 Å². The Balaban J connectivity index is 1.76. The van der Waals surface area contributed by atoms with Gasteiger partial charge in [-0.2, -0.15) is 9.57 Å². The largest absolute Gasteiger partial charge is 0.316 e. The summed E-state index contributed by atoms with van der Waals surface area (Å²) >= 11 is 7.21. The molecule has 28 heavy (non-hydrogen) atoms. The Hall–Kier alpha value is -1.92. The highest BCUT2D eigenvalue weighted by molar-refractivity contribution is 7.89. The predicted molar refractivity (Wildman–Crippen MR) is 110 cm³/mol. The standard InChI is InChI=1S/C19H20ClN3O3S2/c1-12-13(2)27-19(17(12)10-21)22-18(24)14-4-3-9-23(11-14)28(25,26)16-7-5-15(20)6-8-16/h5-8,14H,3-4,9,11H2,1-2H3,(H,22,24)/t14-/m1/s1. The quantitative estimate of drug-likeness (QED) is 0.784. The van der Waals surface area contributed by atoms with E-state index in [9.17, 15) is 18.5 Å². The normalized spacial score (nSPS) is 17.9. The lowest BCUT2D eigenvalue weighted by Gasteiger charge is -2.31. The van der Waals surface area contributed by atoms with E-state index in [0.29, 0.717) is 35.0 Å². The van der Waals surface area contributed by atoms with Gasteiger partial charge in [-0.1, -0.05) is 11.6 Å². The zero-order valence-corrected chi connectivity index (χ0v) is 17.9. The molecule has 0 radical (unpaired) electrons. The van der Waals surface area contributed by atoms with Crippen molar-refractivity contribution in [1.29, 1.82) is 5.26 Å². The van der Waals surface area contributed by atoms with E-state index in [1.165, 1.54) is 39.9 Å². The van der Waals surface area contributed by atoms with E-state index < -0.39 is 15.9 Å². The maximum atomic E-state index is 12.9. The van der Waals surface area contributed by atoms with Gasteiger partial charge in [0.05, 0.1) is 16.4 Å². The van der Waals surface area contributed by atoms with Gasteiger partial charge in [-0.05, 0) is 56.5 Å². The van der Waals surface area contributed by atoms with Crippen molar-refractivity contribution in [3.8, 4) is 6.07 Å². The van der Waals surface area contributed by atoms with Crippen molar-refractivity contribution in [3.63, 3.8) is 0 Å². The third-order valence-corrected chi connectivity index (χ3v) is 8.19. The number of sulfonamides is 1. The van der Waals surface area contributed by atoms with Crippen LogP contribution in [-0.4, -0.2) is 31.7 Å². The molecule has 0 unspecified atom stereocenters. The van der Waals surface area contributed by atoms with Gasteiger partial charge in [0, 0.05) is 23.0 Å². The summed E-state index contributed by atoms with van der Waals surface area (Å²) in [5.74, 6) is -0.723. The number of carbonyl (C=O) groups is 1. The highest BCUT2D eigenvalue weighted by atomic mass is 35.5. The molecule has 0 saturated carbocycles. The molecule has 148 valence electrons. The van der Waals surface area contributed by atoms with Gasteiger partial charge in [-0.25, -0.2) is 8.42 Å². The summed E-state index contributed by atoms with van der Waals surface area (Å²) in [5, 5.41) is 13.2. The maximum absolute atomic E-state index is 12.9. The average molecular weight is 438 g/mol. The zero-order chi connectivity index (χ0) is 20.5. The van der Waals surface area contributed by atoms with E-state index in [-0.39, 0.29) is 17.3 Å². The predicted octanol–water partition coefficient (Wildman–Crippen LogP) is 3.93. The van der Waals surface area contributed by atoms with Gasteiger partial charge in [-0.3, -0.25) is 4.79 Å². The number of anilines is 1. The number of benzene rings is 1. The van der Waals surface area contributed by atoms with Crippen molar-refractivity contribution < 1.29 is 13.2 Å². The lowest BCUT2D eigenvalue weighted by Crippen LogP contribution is -2.43. The van der Waals surface area contributed by atoms with Gasteiger partial charge in [0.1, 0.15) is 11.1 Å². The summed E-state index contributed by atoms with van der Waals surface area (Å²) in [7, 11) is -3.69. The van der Waals surface area contributed by atoms with Crippen molar-refractivity contribution in [2.24, 2.45) is 5.92 Å². The van der Waals surface area contributed by atoms with Gasteiger partial charge in [0.25, 0.3) is 0 Å². The van der Waals surface area contributed by atoms with Crippen molar-refractivity contribution in [2.75, 3.05) is 18.4 Å². The monoisotopic (exact) mass is 437 g/mol. The fraction of sp³-hybridized carbons (Fsp3) is 0.368. The first kappa shape index (κ1) is 20.8. The van der Waals surface area contributed by atoms with E-state index in [2.05, 4.69) is 11.4 Å². The first-order chi connectivity index (χ1) is 13.2. The molecule has 1 aliphatic rings. The van der Waals surface area contributed by atoms with Crippen molar-refractivity contribution in [2.45, 2.75) is 31.6 Å². The average Bonchev–Trinajstić information content (AvgIpc) is 2.95. The van der Waals surface area contributed by atoms with Crippen LogP contribution < -0.4 is 5.32 Å². The fourth-order valence-electron chi connectivity index (χ4n) is 3.19. The van der Waals surface area contributed by atoms with Crippen LogP contribution in [0.4, 0.5) is 5.00 Å². The van der Waals surface area contributed by atoms with Crippen LogP contribution in [0, 0.1) is 31.1 Å². The summed E-state index contributed by atoms with van der Waals surface area (Å²) in [6.07, 6.45) is 1.20. The number of halogens is 1. The molecule has 0 bridgehead atoms. The van der Waals surface area contributed by atoms with Gasteiger partial charge in [0.2, 0.25) is 15.9 Å². The SMILES string of the molecule is Cc1sc(NC(=O)[C@@H]2CCCN(S(=O)(=O)c3ccc(Cl)cc3)C2)c(C#N)c1C. The highest BCUT2D eigenvalue weighted by Gasteiger charge is 2.33. The summed E-state index contributed by atoms with van der Waals surface area (Å²) in [5.41, 5.74) is 1.33. The molecular weight excluding hydrogens is 418 g/mol.